The van der Waals surface area contributed by atoms with E-state index in [2.05, 4.69) is 9.59 Å². The Hall–Kier alpha value is -1.55. The number of hydrogen-bond donors (Lipinski definition) is 1. The number of hydrogen-bond acceptors (Lipinski definition) is 8. The Morgan fingerprint density at radius 3 is 2.29 bits per heavy atom. The quantitative estimate of drug-likeness (QED) is 0.626. The second-order valence-corrected chi connectivity index (χ2v) is 4.53. The van der Waals surface area contributed by atoms with Crippen LogP contribution in [0.2, 0.25) is 0 Å². The van der Waals surface area contributed by atoms with Crippen LogP contribution in [0.1, 0.15) is 0 Å². The minimum Gasteiger partial charge on any atom is -0.387 e. The third-order valence-corrected chi connectivity index (χ3v) is 3.41. The number of rotatable bonds is 4. The molecule has 0 spiro atoms. The molecule has 0 bridgehead atoms. The monoisotopic (exact) mass is 236 g/mol. The first-order valence-electron chi connectivity index (χ1n) is 3.06. The highest BCUT2D eigenvalue weighted by atomic mass is 32.2. The van der Waals surface area contributed by atoms with Crippen LogP contribution in [-0.4, -0.2) is 35.1 Å². The fraction of sp³-hybridized carbons (Fsp3) is 0. The van der Waals surface area contributed by atoms with Crippen molar-refractivity contribution in [1.29, 1.82) is 0 Å². The number of sulfonamides is 1. The third-order valence-electron chi connectivity index (χ3n) is 1.21. The van der Waals surface area contributed by atoms with Crippen LogP contribution in [0.4, 0.5) is 5.00 Å². The number of imide groups is 1. The van der Waals surface area contributed by atoms with Crippen LogP contribution in [0.15, 0.2) is 5.03 Å². The molecular formula is C4H4N4O4S2. The number of anilines is 1. The first kappa shape index (κ1) is 10.5. The van der Waals surface area contributed by atoms with E-state index in [0.717, 1.165) is 0 Å². The van der Waals surface area contributed by atoms with E-state index < -0.39 is 15.0 Å². The van der Waals surface area contributed by atoms with Gasteiger partial charge in [0, 0.05) is 11.5 Å². The molecule has 0 aromatic carbocycles. The van der Waals surface area contributed by atoms with E-state index in [1.54, 1.807) is 0 Å². The van der Waals surface area contributed by atoms with Crippen molar-refractivity contribution < 1.29 is 18.0 Å². The van der Waals surface area contributed by atoms with Crippen molar-refractivity contribution in [1.82, 2.24) is 13.9 Å². The fourth-order valence-corrected chi connectivity index (χ4v) is 2.24. The molecule has 1 aromatic heterocycles. The fourth-order valence-electron chi connectivity index (χ4n) is 0.607. The van der Waals surface area contributed by atoms with Crippen LogP contribution in [0.25, 0.3) is 0 Å². The van der Waals surface area contributed by atoms with Gasteiger partial charge in [-0.3, -0.25) is 9.59 Å². The molecule has 1 aromatic rings. The molecule has 0 saturated heterocycles. The summed E-state index contributed by atoms with van der Waals surface area (Å²) in [6, 6.07) is 0. The Morgan fingerprint density at radius 1 is 1.36 bits per heavy atom. The summed E-state index contributed by atoms with van der Waals surface area (Å²) < 4.78 is 25.9. The lowest BCUT2D eigenvalue weighted by atomic mass is 10.9. The number of carbonyl (C=O) groups excluding carboxylic acids is 2. The lowest BCUT2D eigenvalue weighted by Gasteiger charge is -2.06. The molecule has 14 heavy (non-hydrogen) atoms. The van der Waals surface area contributed by atoms with Crippen molar-refractivity contribution in [2.45, 2.75) is 5.03 Å². The number of nitrogens with zero attached hydrogens (tertiary/aromatic N) is 3. The van der Waals surface area contributed by atoms with Gasteiger partial charge in [-0.05, 0) is 0 Å². The molecule has 0 fully saturated rings. The number of nitrogens with two attached hydrogens (primary N) is 1. The van der Waals surface area contributed by atoms with Crippen LogP contribution in [0.5, 0.6) is 0 Å². The summed E-state index contributed by atoms with van der Waals surface area (Å²) in [5, 5.41) is 2.42. The summed E-state index contributed by atoms with van der Waals surface area (Å²) >= 11 is 0.649. The summed E-state index contributed by atoms with van der Waals surface area (Å²) in [6.45, 7) is 0. The average molecular weight is 236 g/mol. The van der Waals surface area contributed by atoms with E-state index in [-0.39, 0.29) is 22.1 Å². The van der Waals surface area contributed by atoms with E-state index in [1.165, 1.54) is 0 Å². The van der Waals surface area contributed by atoms with Crippen LogP contribution in [-0.2, 0) is 19.6 Å². The van der Waals surface area contributed by atoms with Crippen molar-refractivity contribution in [3.8, 4) is 0 Å². The zero-order valence-corrected chi connectivity index (χ0v) is 8.16. The molecule has 0 radical (unpaired) electrons. The van der Waals surface area contributed by atoms with Crippen molar-refractivity contribution in [3.63, 3.8) is 0 Å². The molecule has 76 valence electrons. The number of carbonyl (C=O) groups is 2. The van der Waals surface area contributed by atoms with Gasteiger partial charge < -0.3 is 5.73 Å². The lowest BCUT2D eigenvalue weighted by molar-refractivity contribution is -0.123. The number of aromatic nitrogens is 2. The number of nitrogen functional groups attached to an aromatic ring is 1. The molecule has 2 amide bonds. The van der Waals surface area contributed by atoms with Gasteiger partial charge in [-0.1, -0.05) is 4.49 Å². The Labute approximate surface area is 82.5 Å². The second kappa shape index (κ2) is 3.67. The summed E-state index contributed by atoms with van der Waals surface area (Å²) in [5.41, 5.74) is 5.23. The predicted octanol–water partition coefficient (Wildman–Crippen LogP) is -1.58. The Balaban J connectivity index is 3.27. The molecule has 10 heteroatoms. The first-order valence-corrected chi connectivity index (χ1v) is 5.27. The molecule has 1 heterocycles. The van der Waals surface area contributed by atoms with E-state index >= 15 is 0 Å². The van der Waals surface area contributed by atoms with Crippen LogP contribution >= 0.6 is 11.5 Å². The van der Waals surface area contributed by atoms with Crippen molar-refractivity contribution in [3.05, 3.63) is 0 Å². The lowest BCUT2D eigenvalue weighted by Crippen LogP contribution is -2.29. The molecular weight excluding hydrogens is 232 g/mol. The van der Waals surface area contributed by atoms with E-state index in [1.807, 2.05) is 0 Å². The third kappa shape index (κ3) is 1.56. The van der Waals surface area contributed by atoms with Gasteiger partial charge in [0.2, 0.25) is 17.8 Å². The Morgan fingerprint density at radius 2 is 1.93 bits per heavy atom. The smallest absolute Gasteiger partial charge is 0.295 e. The van der Waals surface area contributed by atoms with Crippen molar-refractivity contribution >= 4 is 39.4 Å². The molecule has 0 saturated carbocycles. The molecule has 2 N–H and O–H groups in total. The molecule has 0 unspecified atom stereocenters. The Bertz CT molecular complexity index is 444. The summed E-state index contributed by atoms with van der Waals surface area (Å²) in [6.07, 6.45) is -0.303. The standard InChI is InChI=1S/C4H4N4O4S2/c5-3-4(6-7-13-3)14(11,12)8(1-9)2-10/h1-2H,5H2. The highest BCUT2D eigenvalue weighted by Gasteiger charge is 2.28. The van der Waals surface area contributed by atoms with Crippen molar-refractivity contribution in [2.24, 2.45) is 0 Å². The van der Waals surface area contributed by atoms with Crippen LogP contribution < -0.4 is 5.73 Å². The largest absolute Gasteiger partial charge is 0.387 e. The highest BCUT2D eigenvalue weighted by molar-refractivity contribution is 7.90. The molecule has 1 rings (SSSR count). The van der Waals surface area contributed by atoms with E-state index in [4.69, 9.17) is 5.73 Å². The average Bonchev–Trinajstić information content (AvgIpc) is 2.53. The van der Waals surface area contributed by atoms with Gasteiger partial charge in [0.25, 0.3) is 10.0 Å². The maximum absolute atomic E-state index is 11.4. The van der Waals surface area contributed by atoms with Gasteiger partial charge in [0.05, 0.1) is 0 Å². The number of amides is 2. The van der Waals surface area contributed by atoms with E-state index in [9.17, 15) is 18.0 Å². The SMILES string of the molecule is Nc1snnc1S(=O)(=O)N(C=O)C=O. The molecule has 0 aliphatic rings. The van der Waals surface area contributed by atoms with Gasteiger partial charge in [-0.25, -0.2) is 0 Å². The summed E-state index contributed by atoms with van der Waals surface area (Å²) in [7, 11) is -4.28. The second-order valence-electron chi connectivity index (χ2n) is 1.99. The van der Waals surface area contributed by atoms with Gasteiger partial charge in [0.15, 0.2) is 0 Å². The van der Waals surface area contributed by atoms with Crippen molar-refractivity contribution in [2.75, 3.05) is 5.73 Å². The van der Waals surface area contributed by atoms with Gasteiger partial charge in [-0.2, -0.15) is 12.7 Å². The van der Waals surface area contributed by atoms with Gasteiger partial charge in [0.1, 0.15) is 5.00 Å². The minimum absolute atomic E-state index is 0.0694. The van der Waals surface area contributed by atoms with E-state index in [0.29, 0.717) is 11.5 Å². The van der Waals surface area contributed by atoms with Gasteiger partial charge in [-0.15, -0.1) is 5.10 Å². The summed E-state index contributed by atoms with van der Waals surface area (Å²) in [5.74, 6) is 0. The molecule has 0 aliphatic carbocycles. The maximum atomic E-state index is 11.4. The van der Waals surface area contributed by atoms with Gasteiger partial charge >= 0.3 is 0 Å². The minimum atomic E-state index is -4.28. The molecule has 0 aliphatic heterocycles. The van der Waals surface area contributed by atoms with Crippen LogP contribution in [0, 0.1) is 0 Å². The van der Waals surface area contributed by atoms with Crippen LogP contribution in [0.3, 0.4) is 0 Å². The highest BCUT2D eigenvalue weighted by Crippen LogP contribution is 2.20. The summed E-state index contributed by atoms with van der Waals surface area (Å²) in [4.78, 5) is 20.4. The zero-order chi connectivity index (χ0) is 10.8. The normalized spacial score (nSPS) is 10.9. The predicted molar refractivity (Wildman–Crippen MR) is 45.5 cm³/mol. The topological polar surface area (TPSA) is 123 Å². The first-order chi connectivity index (χ1) is 6.54. The molecule has 8 nitrogen and oxygen atoms in total. The zero-order valence-electron chi connectivity index (χ0n) is 6.52. The maximum Gasteiger partial charge on any atom is 0.295 e. The Kier molecular flexibility index (Phi) is 2.76. The molecule has 0 atom stereocenters.